The Bertz CT molecular complexity index is 828. The lowest BCUT2D eigenvalue weighted by Gasteiger charge is -2.09. The second-order valence-electron chi connectivity index (χ2n) is 4.76. The van der Waals surface area contributed by atoms with Crippen LogP contribution in [0.1, 0.15) is 27.8 Å². The van der Waals surface area contributed by atoms with E-state index in [0.717, 1.165) is 5.69 Å². The minimum Gasteiger partial charge on any atom is -0.485 e. The van der Waals surface area contributed by atoms with Crippen molar-refractivity contribution in [2.45, 2.75) is 20.5 Å². The van der Waals surface area contributed by atoms with Crippen LogP contribution in [0.4, 0.5) is 5.13 Å². The first kappa shape index (κ1) is 15.2. The van der Waals surface area contributed by atoms with Gasteiger partial charge in [-0.25, -0.2) is 4.98 Å². The van der Waals surface area contributed by atoms with E-state index < -0.39 is 0 Å². The van der Waals surface area contributed by atoms with Crippen molar-refractivity contribution in [2.24, 2.45) is 0 Å². The Morgan fingerprint density at radius 1 is 1.30 bits per heavy atom. The van der Waals surface area contributed by atoms with Gasteiger partial charge in [-0.1, -0.05) is 17.3 Å². The summed E-state index contributed by atoms with van der Waals surface area (Å²) in [5.74, 6) is 1.06. The molecule has 8 heteroatoms. The van der Waals surface area contributed by atoms with E-state index in [2.05, 4.69) is 20.4 Å². The van der Waals surface area contributed by atoms with Gasteiger partial charge in [0.1, 0.15) is 5.75 Å². The number of hydrogen-bond donors (Lipinski definition) is 1. The number of hydrogen-bond acceptors (Lipinski definition) is 7. The van der Waals surface area contributed by atoms with Crippen molar-refractivity contribution >= 4 is 22.4 Å². The maximum atomic E-state index is 12.4. The van der Waals surface area contributed by atoms with E-state index in [4.69, 9.17) is 9.26 Å². The molecule has 1 aromatic carbocycles. The third-order valence-electron chi connectivity index (χ3n) is 2.90. The van der Waals surface area contributed by atoms with Gasteiger partial charge in [0.25, 0.3) is 5.91 Å². The van der Waals surface area contributed by atoms with Crippen molar-refractivity contribution in [2.75, 3.05) is 5.32 Å². The number of amides is 1. The monoisotopic (exact) mass is 330 g/mol. The summed E-state index contributed by atoms with van der Waals surface area (Å²) in [6.45, 7) is 3.70. The molecule has 0 aliphatic rings. The normalized spacial score (nSPS) is 10.5. The Balaban J connectivity index is 1.73. The Hall–Kier alpha value is -2.74. The van der Waals surface area contributed by atoms with Gasteiger partial charge in [-0.3, -0.25) is 10.1 Å². The van der Waals surface area contributed by atoms with Crippen molar-refractivity contribution < 1.29 is 14.1 Å². The summed E-state index contributed by atoms with van der Waals surface area (Å²) in [5.41, 5.74) is 1.28. The molecule has 0 atom stereocenters. The lowest BCUT2D eigenvalue weighted by atomic mass is 10.2. The zero-order chi connectivity index (χ0) is 16.2. The van der Waals surface area contributed by atoms with Crippen LogP contribution in [0.25, 0.3) is 0 Å². The summed E-state index contributed by atoms with van der Waals surface area (Å²) >= 11 is 1.38. The van der Waals surface area contributed by atoms with Gasteiger partial charge in [-0.2, -0.15) is 4.98 Å². The predicted molar refractivity (Wildman–Crippen MR) is 84.6 cm³/mol. The quantitative estimate of drug-likeness (QED) is 0.773. The van der Waals surface area contributed by atoms with E-state index in [1.54, 1.807) is 31.2 Å². The van der Waals surface area contributed by atoms with Crippen LogP contribution in [0.15, 0.2) is 34.2 Å². The molecule has 0 unspecified atom stereocenters. The van der Waals surface area contributed by atoms with Crippen molar-refractivity contribution in [1.29, 1.82) is 0 Å². The average Bonchev–Trinajstić information content (AvgIpc) is 3.14. The number of nitrogens with one attached hydrogen (secondary N) is 1. The van der Waals surface area contributed by atoms with Crippen LogP contribution in [0.3, 0.4) is 0 Å². The first-order valence-corrected chi connectivity index (χ1v) is 7.74. The second-order valence-corrected chi connectivity index (χ2v) is 5.62. The summed E-state index contributed by atoms with van der Waals surface area (Å²) < 4.78 is 10.5. The number of anilines is 1. The fourth-order valence-corrected chi connectivity index (χ4v) is 2.58. The number of nitrogens with zero attached hydrogens (tertiary/aromatic N) is 3. The highest BCUT2D eigenvalue weighted by atomic mass is 32.1. The Morgan fingerprint density at radius 3 is 2.83 bits per heavy atom. The van der Waals surface area contributed by atoms with E-state index in [1.807, 2.05) is 12.3 Å². The molecule has 1 amide bonds. The molecular weight excluding hydrogens is 316 g/mol. The van der Waals surface area contributed by atoms with E-state index in [1.165, 1.54) is 11.3 Å². The molecule has 0 radical (unpaired) electrons. The third kappa shape index (κ3) is 3.72. The van der Waals surface area contributed by atoms with Gasteiger partial charge in [0.2, 0.25) is 11.7 Å². The molecule has 2 aromatic heterocycles. The van der Waals surface area contributed by atoms with Crippen LogP contribution < -0.4 is 10.1 Å². The summed E-state index contributed by atoms with van der Waals surface area (Å²) in [5, 5.41) is 8.94. The Labute approximate surface area is 136 Å². The molecule has 23 heavy (non-hydrogen) atoms. The zero-order valence-corrected chi connectivity index (χ0v) is 13.4. The molecule has 0 fully saturated rings. The minimum atomic E-state index is -0.278. The maximum Gasteiger partial charge on any atom is 0.261 e. The second kappa shape index (κ2) is 6.57. The summed E-state index contributed by atoms with van der Waals surface area (Å²) in [7, 11) is 0. The Kier molecular flexibility index (Phi) is 4.33. The van der Waals surface area contributed by atoms with Gasteiger partial charge in [-0.05, 0) is 19.1 Å². The molecule has 0 bridgehead atoms. The van der Waals surface area contributed by atoms with Crippen molar-refractivity contribution in [3.63, 3.8) is 0 Å². The van der Waals surface area contributed by atoms with Crippen molar-refractivity contribution in [3.05, 3.63) is 52.6 Å². The molecule has 2 heterocycles. The van der Waals surface area contributed by atoms with Crippen LogP contribution in [0.5, 0.6) is 5.75 Å². The van der Waals surface area contributed by atoms with Crippen molar-refractivity contribution in [1.82, 2.24) is 15.1 Å². The number of aromatic nitrogens is 3. The highest BCUT2D eigenvalue weighted by Crippen LogP contribution is 2.22. The number of carbonyl (C=O) groups is 1. The predicted octanol–water partition coefficient (Wildman–Crippen LogP) is 2.97. The fourth-order valence-electron chi connectivity index (χ4n) is 1.90. The zero-order valence-electron chi connectivity index (χ0n) is 12.6. The first-order valence-electron chi connectivity index (χ1n) is 6.86. The van der Waals surface area contributed by atoms with Crippen LogP contribution >= 0.6 is 11.3 Å². The van der Waals surface area contributed by atoms with Crippen molar-refractivity contribution in [3.8, 4) is 5.75 Å². The molecule has 7 nitrogen and oxygen atoms in total. The number of ether oxygens (including phenoxy) is 1. The molecular formula is C15H14N4O3S. The highest BCUT2D eigenvalue weighted by Gasteiger charge is 2.14. The highest BCUT2D eigenvalue weighted by molar-refractivity contribution is 7.13. The van der Waals surface area contributed by atoms with E-state index in [0.29, 0.717) is 28.2 Å². The SMILES string of the molecule is Cc1csc(NC(=O)c2ccccc2OCc2noc(C)n2)n1. The minimum absolute atomic E-state index is 0.123. The van der Waals surface area contributed by atoms with Crippen LogP contribution in [-0.2, 0) is 6.61 Å². The molecule has 0 saturated carbocycles. The average molecular weight is 330 g/mol. The number of para-hydroxylation sites is 1. The largest absolute Gasteiger partial charge is 0.485 e. The van der Waals surface area contributed by atoms with Gasteiger partial charge in [0, 0.05) is 12.3 Å². The molecule has 0 aliphatic heterocycles. The first-order chi connectivity index (χ1) is 11.1. The fraction of sp³-hybridized carbons (Fsp3) is 0.200. The third-order valence-corrected chi connectivity index (χ3v) is 3.77. The van der Waals surface area contributed by atoms with Gasteiger partial charge in [-0.15, -0.1) is 11.3 Å². The standard InChI is InChI=1S/C15H14N4O3S/c1-9-8-23-15(16-9)18-14(20)11-5-3-4-6-12(11)21-7-13-17-10(2)22-19-13/h3-6,8H,7H2,1-2H3,(H,16,18,20). The molecule has 1 N–H and O–H groups in total. The lowest BCUT2D eigenvalue weighted by molar-refractivity contribution is 0.102. The van der Waals surface area contributed by atoms with Gasteiger partial charge >= 0.3 is 0 Å². The number of benzene rings is 1. The number of aryl methyl sites for hydroxylation is 2. The van der Waals surface area contributed by atoms with E-state index in [-0.39, 0.29) is 12.5 Å². The van der Waals surface area contributed by atoms with Crippen LogP contribution in [0.2, 0.25) is 0 Å². The lowest BCUT2D eigenvalue weighted by Crippen LogP contribution is -2.13. The number of carbonyl (C=O) groups excluding carboxylic acids is 1. The van der Waals surface area contributed by atoms with Gasteiger partial charge < -0.3 is 9.26 Å². The van der Waals surface area contributed by atoms with Crippen LogP contribution in [0, 0.1) is 13.8 Å². The van der Waals surface area contributed by atoms with E-state index >= 15 is 0 Å². The summed E-state index contributed by atoms with van der Waals surface area (Å²) in [4.78, 5) is 20.7. The number of rotatable bonds is 5. The van der Waals surface area contributed by atoms with Gasteiger partial charge in [0.05, 0.1) is 11.3 Å². The molecule has 118 valence electrons. The molecule has 0 saturated heterocycles. The van der Waals surface area contributed by atoms with Gasteiger partial charge in [0.15, 0.2) is 11.7 Å². The molecule has 0 spiro atoms. The topological polar surface area (TPSA) is 90.1 Å². The summed E-state index contributed by atoms with van der Waals surface area (Å²) in [6, 6.07) is 6.97. The molecule has 3 rings (SSSR count). The maximum absolute atomic E-state index is 12.4. The molecule has 0 aliphatic carbocycles. The van der Waals surface area contributed by atoms with Crippen LogP contribution in [-0.4, -0.2) is 21.0 Å². The number of thiazole rings is 1. The summed E-state index contributed by atoms with van der Waals surface area (Å²) in [6.07, 6.45) is 0. The Morgan fingerprint density at radius 2 is 2.13 bits per heavy atom. The molecule has 3 aromatic rings. The van der Waals surface area contributed by atoms with E-state index in [9.17, 15) is 4.79 Å². The smallest absolute Gasteiger partial charge is 0.261 e.